The Morgan fingerprint density at radius 3 is 2.75 bits per heavy atom. The van der Waals surface area contributed by atoms with Crippen LogP contribution in [0.4, 0.5) is 5.69 Å². The van der Waals surface area contributed by atoms with Crippen molar-refractivity contribution < 1.29 is 9.53 Å². The first-order valence-corrected chi connectivity index (χ1v) is 10.2. The lowest BCUT2D eigenvalue weighted by molar-refractivity contribution is -0.113. The van der Waals surface area contributed by atoms with Crippen molar-refractivity contribution in [1.29, 1.82) is 0 Å². The topological polar surface area (TPSA) is 69.0 Å². The minimum atomic E-state index is -0.113. The van der Waals surface area contributed by atoms with Gasteiger partial charge in [0.2, 0.25) is 11.1 Å². The van der Waals surface area contributed by atoms with Crippen LogP contribution in [0.2, 0.25) is 0 Å². The van der Waals surface area contributed by atoms with Crippen LogP contribution < -0.4 is 10.1 Å². The molecule has 0 bridgehead atoms. The molecule has 6 nitrogen and oxygen atoms in total. The van der Waals surface area contributed by atoms with E-state index in [9.17, 15) is 4.79 Å². The highest BCUT2D eigenvalue weighted by atomic mass is 32.2. The van der Waals surface area contributed by atoms with Gasteiger partial charge in [-0.15, -0.1) is 5.10 Å². The maximum atomic E-state index is 12.4. The molecule has 0 saturated heterocycles. The highest BCUT2D eigenvalue weighted by Crippen LogP contribution is 2.40. The third-order valence-corrected chi connectivity index (χ3v) is 5.36. The monoisotopic (exact) mass is 394 g/mol. The molecule has 0 radical (unpaired) electrons. The number of rotatable bonds is 7. The summed E-state index contributed by atoms with van der Waals surface area (Å²) in [6.07, 6.45) is 2.28. The lowest BCUT2D eigenvalue weighted by Gasteiger charge is -2.10. The number of ether oxygens (including phenoxy) is 1. The Balaban J connectivity index is 1.45. The second kappa shape index (κ2) is 8.06. The van der Waals surface area contributed by atoms with E-state index in [0.29, 0.717) is 22.5 Å². The average Bonchev–Trinajstić information content (AvgIpc) is 3.46. The maximum absolute atomic E-state index is 12.4. The Morgan fingerprint density at radius 2 is 2.04 bits per heavy atom. The van der Waals surface area contributed by atoms with E-state index < -0.39 is 0 Å². The average molecular weight is 395 g/mol. The fraction of sp³-hybridized carbons (Fsp3) is 0.286. The molecule has 2 aromatic carbocycles. The molecule has 1 fully saturated rings. The molecule has 0 spiro atoms. The number of carbonyl (C=O) groups is 1. The summed E-state index contributed by atoms with van der Waals surface area (Å²) in [5.41, 5.74) is 2.73. The number of methoxy groups -OCH3 is 1. The van der Waals surface area contributed by atoms with Crippen LogP contribution >= 0.6 is 11.8 Å². The van der Waals surface area contributed by atoms with Crippen LogP contribution in [0.3, 0.4) is 0 Å². The summed E-state index contributed by atoms with van der Waals surface area (Å²) >= 11 is 1.34. The molecule has 1 aromatic heterocycles. The number of carbonyl (C=O) groups excluding carboxylic acids is 1. The number of anilines is 1. The molecule has 0 atom stereocenters. The third-order valence-electron chi connectivity index (χ3n) is 4.52. The Labute approximate surface area is 168 Å². The van der Waals surface area contributed by atoms with Gasteiger partial charge in [-0.05, 0) is 49.6 Å². The Morgan fingerprint density at radius 1 is 1.25 bits per heavy atom. The molecule has 144 valence electrons. The van der Waals surface area contributed by atoms with Gasteiger partial charge in [0, 0.05) is 5.92 Å². The molecule has 4 rings (SSSR count). The van der Waals surface area contributed by atoms with Gasteiger partial charge in [0.05, 0.1) is 24.2 Å². The van der Waals surface area contributed by atoms with Gasteiger partial charge in [0.25, 0.3) is 0 Å². The molecule has 1 saturated carbocycles. The quantitative estimate of drug-likeness (QED) is 0.609. The predicted molar refractivity (Wildman–Crippen MR) is 110 cm³/mol. The van der Waals surface area contributed by atoms with Gasteiger partial charge in [0.15, 0.2) is 0 Å². The minimum absolute atomic E-state index is 0.113. The fourth-order valence-corrected chi connectivity index (χ4v) is 3.60. The molecular formula is C21H22N4O2S. The van der Waals surface area contributed by atoms with Crippen molar-refractivity contribution in [3.05, 3.63) is 59.9 Å². The number of nitrogens with one attached hydrogen (secondary N) is 1. The second-order valence-corrected chi connectivity index (χ2v) is 7.76. The molecule has 1 amide bonds. The van der Waals surface area contributed by atoms with E-state index in [2.05, 4.69) is 15.4 Å². The SMILES string of the molecule is COc1ccc(C)cc1NC(=O)CSc1nc(C2CC2)n(-c2ccccc2)n1. The number of para-hydroxylation sites is 1. The number of benzene rings is 2. The van der Waals surface area contributed by atoms with E-state index in [1.54, 1.807) is 7.11 Å². The van der Waals surface area contributed by atoms with E-state index in [1.165, 1.54) is 11.8 Å². The van der Waals surface area contributed by atoms with Gasteiger partial charge < -0.3 is 10.1 Å². The van der Waals surface area contributed by atoms with Gasteiger partial charge in [-0.25, -0.2) is 9.67 Å². The van der Waals surface area contributed by atoms with E-state index in [-0.39, 0.29) is 11.7 Å². The number of aryl methyl sites for hydroxylation is 1. The molecule has 1 N–H and O–H groups in total. The predicted octanol–water partition coefficient (Wildman–Crippen LogP) is 4.19. The summed E-state index contributed by atoms with van der Waals surface area (Å²) in [5.74, 6) is 2.21. The number of nitrogens with zero attached hydrogens (tertiary/aromatic N) is 3. The first kappa shape index (κ1) is 18.6. The summed E-state index contributed by atoms with van der Waals surface area (Å²) in [7, 11) is 1.59. The zero-order valence-electron chi connectivity index (χ0n) is 15.9. The molecular weight excluding hydrogens is 372 g/mol. The van der Waals surface area contributed by atoms with E-state index in [0.717, 1.165) is 29.9 Å². The van der Waals surface area contributed by atoms with Crippen molar-refractivity contribution in [2.75, 3.05) is 18.2 Å². The van der Waals surface area contributed by atoms with Crippen LogP contribution in [-0.2, 0) is 4.79 Å². The van der Waals surface area contributed by atoms with Crippen LogP contribution in [0.5, 0.6) is 5.75 Å². The maximum Gasteiger partial charge on any atom is 0.234 e. The van der Waals surface area contributed by atoms with Gasteiger partial charge in [0.1, 0.15) is 11.6 Å². The molecule has 0 aliphatic heterocycles. The minimum Gasteiger partial charge on any atom is -0.495 e. The van der Waals surface area contributed by atoms with Crippen molar-refractivity contribution in [2.45, 2.75) is 30.8 Å². The van der Waals surface area contributed by atoms with Crippen molar-refractivity contribution >= 4 is 23.4 Å². The van der Waals surface area contributed by atoms with Crippen LogP contribution in [0.25, 0.3) is 5.69 Å². The van der Waals surface area contributed by atoms with Crippen LogP contribution in [0.1, 0.15) is 30.1 Å². The van der Waals surface area contributed by atoms with Gasteiger partial charge in [-0.2, -0.15) is 0 Å². The van der Waals surface area contributed by atoms with Gasteiger partial charge in [-0.1, -0.05) is 36.0 Å². The van der Waals surface area contributed by atoms with E-state index in [4.69, 9.17) is 4.74 Å². The summed E-state index contributed by atoms with van der Waals surface area (Å²) in [5, 5.41) is 8.17. The van der Waals surface area contributed by atoms with Crippen molar-refractivity contribution in [1.82, 2.24) is 14.8 Å². The van der Waals surface area contributed by atoms with Crippen LogP contribution in [-0.4, -0.2) is 33.5 Å². The first-order valence-electron chi connectivity index (χ1n) is 9.23. The number of aromatic nitrogens is 3. The van der Waals surface area contributed by atoms with Crippen LogP contribution in [0.15, 0.2) is 53.7 Å². The van der Waals surface area contributed by atoms with Crippen LogP contribution in [0, 0.1) is 6.92 Å². The first-order chi connectivity index (χ1) is 13.6. The molecule has 1 aliphatic carbocycles. The van der Waals surface area contributed by atoms with Gasteiger partial charge >= 0.3 is 0 Å². The summed E-state index contributed by atoms with van der Waals surface area (Å²) < 4.78 is 7.22. The highest BCUT2D eigenvalue weighted by Gasteiger charge is 2.30. The molecule has 1 heterocycles. The molecule has 7 heteroatoms. The second-order valence-electron chi connectivity index (χ2n) is 6.81. The van der Waals surface area contributed by atoms with Crippen molar-refractivity contribution in [3.8, 4) is 11.4 Å². The zero-order valence-corrected chi connectivity index (χ0v) is 16.7. The highest BCUT2D eigenvalue weighted by molar-refractivity contribution is 7.99. The largest absolute Gasteiger partial charge is 0.495 e. The zero-order chi connectivity index (χ0) is 19.5. The molecule has 1 aliphatic rings. The Bertz CT molecular complexity index is 983. The number of amides is 1. The number of hydrogen-bond donors (Lipinski definition) is 1. The van der Waals surface area contributed by atoms with Crippen molar-refractivity contribution in [3.63, 3.8) is 0 Å². The molecule has 0 unspecified atom stereocenters. The number of hydrogen-bond acceptors (Lipinski definition) is 5. The lowest BCUT2D eigenvalue weighted by atomic mass is 10.2. The fourth-order valence-electron chi connectivity index (χ4n) is 2.97. The summed E-state index contributed by atoms with van der Waals surface area (Å²) in [6.45, 7) is 1.98. The van der Waals surface area contributed by atoms with Gasteiger partial charge in [-0.3, -0.25) is 4.79 Å². The molecule has 3 aromatic rings. The summed E-state index contributed by atoms with van der Waals surface area (Å²) in [4.78, 5) is 17.1. The normalized spacial score (nSPS) is 13.4. The van der Waals surface area contributed by atoms with Crippen molar-refractivity contribution in [2.24, 2.45) is 0 Å². The molecule has 28 heavy (non-hydrogen) atoms. The Kier molecular flexibility index (Phi) is 5.34. The lowest BCUT2D eigenvalue weighted by Crippen LogP contribution is -2.15. The Hall–Kier alpha value is -2.80. The van der Waals surface area contributed by atoms with E-state index >= 15 is 0 Å². The summed E-state index contributed by atoms with van der Waals surface area (Å²) in [6, 6.07) is 15.7. The van der Waals surface area contributed by atoms with E-state index in [1.807, 2.05) is 60.1 Å². The number of thioether (sulfide) groups is 1. The third kappa shape index (κ3) is 4.20. The standard InChI is InChI=1S/C21H22N4O2S/c1-14-8-11-18(27-2)17(12-14)22-19(26)13-28-21-23-20(15-9-10-15)25(24-21)16-6-4-3-5-7-16/h3-8,11-12,15H,9-10,13H2,1-2H3,(H,22,26). The smallest absolute Gasteiger partial charge is 0.234 e.